The van der Waals surface area contributed by atoms with Gasteiger partial charge in [0.1, 0.15) is 0 Å². The van der Waals surface area contributed by atoms with E-state index in [1.165, 1.54) is 0 Å². The Morgan fingerprint density at radius 3 is 0.533 bits per heavy atom. The third-order valence-corrected chi connectivity index (χ3v) is 0. The average Bonchev–Trinajstić information content (AvgIpc) is 1.12. The van der Waals surface area contributed by atoms with Gasteiger partial charge in [-0.1, -0.05) is 0 Å². The molecule has 0 bridgehead atoms. The zero-order valence-corrected chi connectivity index (χ0v) is 11.9. The molecule has 0 aromatic rings. The van der Waals surface area contributed by atoms with Gasteiger partial charge in [-0.25, -0.2) is 0 Å². The predicted octanol–water partition coefficient (Wildman–Crippen LogP) is -8.68. The first-order valence-corrected chi connectivity index (χ1v) is 4.00. The number of hydrogen-bond donors (Lipinski definition) is 0. The quantitative estimate of drug-likeness (QED) is 0.204. The fraction of sp³-hybridized carbons (Fsp3) is 0. The van der Waals surface area contributed by atoms with Crippen molar-refractivity contribution in [3.8, 4) is 0 Å². The summed E-state index contributed by atoms with van der Waals surface area (Å²) < 4.78 is 68.2. The van der Waals surface area contributed by atoms with E-state index in [-0.39, 0.29) is 74.3 Å². The fourth-order valence-corrected chi connectivity index (χ4v) is 0. The van der Waals surface area contributed by atoms with Crippen molar-refractivity contribution in [3.05, 3.63) is 0 Å². The second kappa shape index (κ2) is 18.2. The summed E-state index contributed by atoms with van der Waals surface area (Å²) in [6.07, 6.45) is 0. The predicted molar refractivity (Wildman–Crippen MR) is 20.9 cm³/mol. The zero-order valence-electron chi connectivity index (χ0n) is 5.79. The smallest absolute Gasteiger partial charge is 1.00 e. The summed E-state index contributed by atoms with van der Waals surface area (Å²) in [6, 6.07) is 0. The molecule has 0 unspecified atom stereocenters. The normalized spacial score (nSPS) is 7.73. The molecule has 0 aliphatic carbocycles. The molecule has 0 aliphatic rings. The van der Waals surface area contributed by atoms with Crippen LogP contribution in [-0.4, -0.2) is 35.0 Å². The van der Waals surface area contributed by atoms with Crippen LogP contribution in [0.3, 0.4) is 0 Å². The van der Waals surface area contributed by atoms with E-state index >= 15 is 0 Å². The summed E-state index contributed by atoms with van der Waals surface area (Å²) in [4.78, 5) is 0. The Labute approximate surface area is 129 Å². The van der Waals surface area contributed by atoms with Crippen LogP contribution < -0.4 is 24.8 Å². The molecule has 0 fully saturated rings. The zero-order chi connectivity index (χ0) is 9.00. The Balaban J connectivity index is -0.0000000128. The summed E-state index contributed by atoms with van der Waals surface area (Å²) in [5.74, 6) is 0. The van der Waals surface area contributed by atoms with E-state index in [1.807, 2.05) is 0 Å². The van der Waals surface area contributed by atoms with Crippen molar-refractivity contribution in [2.75, 3.05) is 0 Å². The second-order valence-electron chi connectivity index (χ2n) is 0.816. The van der Waals surface area contributed by atoms with E-state index in [1.54, 1.807) is 0 Å². The Hall–Kier alpha value is 1.80. The van der Waals surface area contributed by atoms with Crippen LogP contribution in [0.5, 0.6) is 0 Å². The van der Waals surface area contributed by atoms with Crippen molar-refractivity contribution in [2.24, 2.45) is 0 Å². The molecule has 104 valence electrons. The van der Waals surface area contributed by atoms with E-state index in [0.717, 1.165) is 0 Å². The van der Waals surface area contributed by atoms with Gasteiger partial charge in [0.15, 0.2) is 0 Å². The molecule has 15 heavy (non-hydrogen) atoms. The van der Waals surface area contributed by atoms with E-state index in [2.05, 4.69) is 0 Å². The van der Waals surface area contributed by atoms with Crippen molar-refractivity contribution in [1.82, 2.24) is 0 Å². The van der Waals surface area contributed by atoms with Crippen LogP contribution in [0.1, 0.15) is 0 Å². The summed E-state index contributed by atoms with van der Waals surface area (Å²) in [6.45, 7) is 0. The van der Waals surface area contributed by atoms with Crippen LogP contribution >= 0.6 is 0 Å². The van der Waals surface area contributed by atoms with Crippen molar-refractivity contribution < 1.29 is 109 Å². The van der Waals surface area contributed by atoms with Crippen LogP contribution in [0.2, 0.25) is 0 Å². The van der Waals surface area contributed by atoms with Gasteiger partial charge in [-0.3, -0.25) is 16.8 Å². The van der Waals surface area contributed by atoms with Gasteiger partial charge >= 0.3 is 49.5 Å². The van der Waals surface area contributed by atoms with Gasteiger partial charge in [-0.05, 0) is 0 Å². The maximum Gasteiger partial charge on any atom is 2.00 e. The van der Waals surface area contributed by atoms with E-state index in [0.29, 0.717) is 0 Å². The first kappa shape index (κ1) is 43.7. The molecule has 0 aromatic carbocycles. The van der Waals surface area contributed by atoms with Gasteiger partial charge < -0.3 is 43.0 Å². The molecule has 0 saturated carbocycles. The number of rotatable bonds is 0. The number of halogens is 2. The molecule has 8 nitrogen and oxygen atoms in total. The standard InChI is InChI=1S/2ClH.3Ni.2H2O4S/c;;;;;2*1-5(2,3)4/h2*1H;;;;2*(H2,1,2,3,4)/q;;3*+2;;/p-6. The minimum atomic E-state index is -5.17. The van der Waals surface area contributed by atoms with Gasteiger partial charge in [0, 0.05) is 20.8 Å². The fourth-order valence-electron chi connectivity index (χ4n) is 0. The first-order chi connectivity index (χ1) is 4.00. The van der Waals surface area contributed by atoms with Crippen molar-refractivity contribution in [2.45, 2.75) is 0 Å². The Bertz CT molecular complexity index is 222. The Kier molecular flexibility index (Phi) is 52.9. The van der Waals surface area contributed by atoms with E-state index in [9.17, 15) is 0 Å². The topological polar surface area (TPSA) is 161 Å². The van der Waals surface area contributed by atoms with Crippen molar-refractivity contribution >= 4 is 20.8 Å². The molecule has 0 amide bonds. The molecule has 0 aliphatic heterocycles. The molecule has 0 aromatic heterocycles. The van der Waals surface area contributed by atoms with Gasteiger partial charge in [-0.15, -0.1) is 0 Å². The molecule has 0 spiro atoms. The molecule has 0 saturated heterocycles. The summed E-state index contributed by atoms with van der Waals surface area (Å²) in [7, 11) is -10.3. The third kappa shape index (κ3) is 928. The maximum absolute atomic E-state index is 8.52. The SMILES string of the molecule is O=S(=O)([O-])[O-].O=S(=O)([O-])[O-].[Cl-].[Cl-].[Ni+2].[Ni+2].[Ni+2]. The van der Waals surface area contributed by atoms with Gasteiger partial charge in [-0.2, -0.15) is 0 Å². The van der Waals surface area contributed by atoms with Gasteiger partial charge in [0.2, 0.25) is 0 Å². The first-order valence-electron chi connectivity index (χ1n) is 1.33. The summed E-state index contributed by atoms with van der Waals surface area (Å²) >= 11 is 0. The minimum absolute atomic E-state index is 0. The maximum atomic E-state index is 8.52. The average molecular weight is 439 g/mol. The third-order valence-electron chi connectivity index (χ3n) is 0. The van der Waals surface area contributed by atoms with Crippen molar-refractivity contribution in [1.29, 1.82) is 0 Å². The largest absolute Gasteiger partial charge is 2.00 e. The molecule has 15 heteroatoms. The monoisotopic (exact) mass is 436 g/mol. The Morgan fingerprint density at radius 2 is 0.533 bits per heavy atom. The molecular weight excluding hydrogens is 439 g/mol. The minimum Gasteiger partial charge on any atom is -1.00 e. The molecule has 0 radical (unpaired) electrons. The van der Waals surface area contributed by atoms with Crippen LogP contribution in [0, 0.1) is 0 Å². The molecule has 0 atom stereocenters. The molecule has 0 rings (SSSR count). The Morgan fingerprint density at radius 1 is 0.533 bits per heavy atom. The molecular formula is Cl2Ni3O8S2. The number of hydrogen-bond acceptors (Lipinski definition) is 8. The van der Waals surface area contributed by atoms with E-state index in [4.69, 9.17) is 35.0 Å². The molecule has 0 heterocycles. The van der Waals surface area contributed by atoms with Crippen LogP contribution in [0.25, 0.3) is 0 Å². The van der Waals surface area contributed by atoms with Crippen LogP contribution in [-0.2, 0) is 70.3 Å². The van der Waals surface area contributed by atoms with Gasteiger partial charge in [0.25, 0.3) is 0 Å². The summed E-state index contributed by atoms with van der Waals surface area (Å²) in [5.41, 5.74) is 0. The van der Waals surface area contributed by atoms with Crippen LogP contribution in [0.15, 0.2) is 0 Å². The van der Waals surface area contributed by atoms with Crippen molar-refractivity contribution in [3.63, 3.8) is 0 Å². The van der Waals surface area contributed by atoms with E-state index < -0.39 is 20.8 Å². The van der Waals surface area contributed by atoms with Gasteiger partial charge in [0.05, 0.1) is 0 Å². The van der Waals surface area contributed by atoms with Crippen LogP contribution in [0.4, 0.5) is 0 Å². The second-order valence-corrected chi connectivity index (χ2v) is 2.45. The molecule has 0 N–H and O–H groups in total. The summed E-state index contributed by atoms with van der Waals surface area (Å²) in [5, 5.41) is 0.